The van der Waals surface area contributed by atoms with E-state index >= 15 is 0 Å². The highest BCUT2D eigenvalue weighted by Crippen LogP contribution is 2.70. The van der Waals surface area contributed by atoms with E-state index in [9.17, 15) is 43.5 Å². The maximum Gasteiger partial charge on any atom is 0.340 e. The number of halogens is 1. The molecule has 3 fully saturated rings. The quantitative estimate of drug-likeness (QED) is 0.295. The number of esters is 8. The third-order valence-electron chi connectivity index (χ3n) is 12.2. The van der Waals surface area contributed by atoms with Crippen LogP contribution < -0.4 is 0 Å². The van der Waals surface area contributed by atoms with Gasteiger partial charge in [0.05, 0.1) is 23.0 Å². The molecule has 1 N–H and O–H groups in total. The van der Waals surface area contributed by atoms with Crippen LogP contribution in [-0.2, 0) is 77.8 Å². The molecule has 4 aliphatic rings. The Bertz CT molecular complexity index is 2190. The number of ether oxygens (including phenoxy) is 9. The van der Waals surface area contributed by atoms with Crippen molar-refractivity contribution >= 4 is 63.7 Å². The van der Waals surface area contributed by atoms with Crippen molar-refractivity contribution in [2.75, 3.05) is 13.2 Å². The lowest BCUT2D eigenvalue weighted by Crippen LogP contribution is -2.89. The van der Waals surface area contributed by atoms with Crippen LogP contribution in [0.5, 0.6) is 0 Å². The number of carbonyl (C=O) groups excluding carboxylic acids is 8. The summed E-state index contributed by atoms with van der Waals surface area (Å²) >= 11 is 3.33. The summed E-state index contributed by atoms with van der Waals surface area (Å²) in [6.07, 6.45) is -9.28. The van der Waals surface area contributed by atoms with Crippen molar-refractivity contribution in [1.82, 2.24) is 4.98 Å². The number of aliphatic hydroxyl groups is 1. The number of benzene rings is 1. The highest BCUT2D eigenvalue weighted by molar-refractivity contribution is 9.10. The second kappa shape index (κ2) is 17.6. The van der Waals surface area contributed by atoms with Crippen LogP contribution in [0, 0.1) is 17.3 Å². The molecule has 1 aromatic carbocycles. The van der Waals surface area contributed by atoms with Gasteiger partial charge in [-0.3, -0.25) is 33.8 Å². The molecule has 0 amide bonds. The fourth-order valence-corrected chi connectivity index (χ4v) is 10.0. The molecule has 12 atom stereocenters. The van der Waals surface area contributed by atoms with E-state index in [4.69, 9.17) is 42.6 Å². The molecule has 19 nitrogen and oxygen atoms in total. The van der Waals surface area contributed by atoms with Crippen molar-refractivity contribution in [3.05, 3.63) is 63.9 Å². The van der Waals surface area contributed by atoms with Crippen LogP contribution in [0.1, 0.15) is 88.1 Å². The summed E-state index contributed by atoms with van der Waals surface area (Å²) in [5, 5.41) is 13.7. The Labute approximate surface area is 369 Å². The largest absolute Gasteiger partial charge is 0.465 e. The minimum absolute atomic E-state index is 0.0167. The molecule has 1 spiro atoms. The second-order valence-corrected chi connectivity index (χ2v) is 17.5. The van der Waals surface area contributed by atoms with Gasteiger partial charge in [0.15, 0.2) is 30.0 Å². The Balaban J connectivity index is 1.79. The van der Waals surface area contributed by atoms with E-state index in [1.165, 1.54) is 38.4 Å². The van der Waals surface area contributed by atoms with E-state index in [2.05, 4.69) is 20.9 Å². The van der Waals surface area contributed by atoms with E-state index in [1.807, 2.05) is 0 Å². The van der Waals surface area contributed by atoms with Crippen LogP contribution in [0.3, 0.4) is 0 Å². The first-order chi connectivity index (χ1) is 29.5. The first kappa shape index (κ1) is 47.0. The van der Waals surface area contributed by atoms with E-state index in [1.54, 1.807) is 18.2 Å². The van der Waals surface area contributed by atoms with Gasteiger partial charge >= 0.3 is 47.8 Å². The zero-order valence-electron chi connectivity index (χ0n) is 35.7. The zero-order valence-corrected chi connectivity index (χ0v) is 37.3. The van der Waals surface area contributed by atoms with Gasteiger partial charge in [-0.15, -0.1) is 0 Å². The van der Waals surface area contributed by atoms with Gasteiger partial charge in [-0.25, -0.2) is 9.59 Å². The minimum Gasteiger partial charge on any atom is -0.465 e. The second-order valence-electron chi connectivity index (χ2n) is 16.6. The van der Waals surface area contributed by atoms with E-state index < -0.39 is 132 Å². The monoisotopic (exact) mass is 945 g/mol. The van der Waals surface area contributed by atoms with E-state index in [0.717, 1.165) is 41.5 Å². The lowest BCUT2D eigenvalue weighted by molar-refractivity contribution is -0.386. The van der Waals surface area contributed by atoms with Gasteiger partial charge < -0.3 is 47.7 Å². The molecule has 2 aromatic rings. The molecule has 1 saturated heterocycles. The molecule has 63 heavy (non-hydrogen) atoms. The summed E-state index contributed by atoms with van der Waals surface area (Å²) in [7, 11) is 0. The standard InChI is InChI=1S/C43H48BrNO18/c1-20-9-10-26-15-16-45-17-29(26)39(53)56-18-40(7)30-31(57-22(3)47)35(59-24(5)49)42(19-55-21(2)46)36(60-25(6)50)32(58-23(4)48)34(62-37(20)51)41(8,54)43(42,63-40)33(30)61-38(52)27-11-13-28(44)14-12-27/h11-17,20,30-36,54H,9-10,18-19H2,1-8H3/t20?,30-,31+,32+,33-,34+,35-,36+,40+,41+,42-,43+/m1/s1. The Morgan fingerprint density at radius 1 is 0.810 bits per heavy atom. The average molecular weight is 947 g/mol. The molecule has 2 aliphatic carbocycles. The summed E-state index contributed by atoms with van der Waals surface area (Å²) in [5.74, 6) is -10.7. The molecule has 1 aromatic heterocycles. The number of carbonyl (C=O) groups is 8. The number of hydrogen-bond donors (Lipinski definition) is 1. The SMILES string of the molecule is CC(=O)OC[C@]12[C@H](OC(C)=O)[C@@H](OC(C)=O)[C@@H]3[C@@H](OC(=O)c4ccc(Br)cc4)[C@@]14O[C@@]3(C)COC(=O)c1cnccc1CCC(C)C(=O)O[C@@H]([C@H](OC(C)=O)[C@@H]2OC(C)=O)[C@]4(C)O. The highest BCUT2D eigenvalue weighted by Gasteiger charge is 2.92. The lowest BCUT2D eigenvalue weighted by atomic mass is 9.45. The first-order valence-corrected chi connectivity index (χ1v) is 20.8. The third kappa shape index (κ3) is 8.27. The van der Waals surface area contributed by atoms with Crippen LogP contribution in [0.25, 0.3) is 0 Å². The molecule has 4 bridgehead atoms. The maximum absolute atomic E-state index is 14.5. The van der Waals surface area contributed by atoms with Gasteiger partial charge in [-0.05, 0) is 62.6 Å². The van der Waals surface area contributed by atoms with Crippen molar-refractivity contribution in [2.45, 2.75) is 122 Å². The van der Waals surface area contributed by atoms with Crippen molar-refractivity contribution < 1.29 is 86.1 Å². The summed E-state index contributed by atoms with van der Waals surface area (Å²) in [6.45, 7) is 7.11. The Morgan fingerprint density at radius 2 is 1.40 bits per heavy atom. The number of cyclic esters (lactones) is 1. The average Bonchev–Trinajstić information content (AvgIpc) is 3.42. The lowest BCUT2D eigenvalue weighted by Gasteiger charge is -2.67. The van der Waals surface area contributed by atoms with Gasteiger partial charge in [0, 0.05) is 51.5 Å². The van der Waals surface area contributed by atoms with Crippen molar-refractivity contribution in [2.24, 2.45) is 17.3 Å². The smallest absolute Gasteiger partial charge is 0.340 e. The summed E-state index contributed by atoms with van der Waals surface area (Å²) in [4.78, 5) is 113. The molecule has 2 aliphatic heterocycles. The van der Waals surface area contributed by atoms with Gasteiger partial charge in [-0.2, -0.15) is 0 Å². The molecule has 0 radical (unpaired) electrons. The summed E-state index contributed by atoms with van der Waals surface area (Å²) in [6, 6.07) is 7.45. The van der Waals surface area contributed by atoms with Crippen LogP contribution >= 0.6 is 15.9 Å². The molecule has 2 saturated carbocycles. The normalized spacial score (nSPS) is 34.6. The summed E-state index contributed by atoms with van der Waals surface area (Å²) in [5.41, 5.74) is -10.0. The minimum atomic E-state index is -2.86. The van der Waals surface area contributed by atoms with Gasteiger partial charge in [0.2, 0.25) is 0 Å². The molecule has 1 unspecified atom stereocenters. The molecular weight excluding hydrogens is 898 g/mol. The predicted octanol–water partition coefficient (Wildman–Crippen LogP) is 2.92. The topological polar surface area (TPSA) is 253 Å². The fraction of sp³-hybridized carbons (Fsp3) is 0.558. The predicted molar refractivity (Wildman–Crippen MR) is 213 cm³/mol. The number of nitrogens with zero attached hydrogens (tertiary/aromatic N) is 1. The van der Waals surface area contributed by atoms with Crippen LogP contribution in [0.4, 0.5) is 0 Å². The number of rotatable bonds is 8. The number of fused-ring (bicyclic) bond motifs is 5. The van der Waals surface area contributed by atoms with Gasteiger partial charge in [0.1, 0.15) is 42.0 Å². The van der Waals surface area contributed by atoms with Gasteiger partial charge in [0.25, 0.3) is 0 Å². The Kier molecular flexibility index (Phi) is 13.1. The van der Waals surface area contributed by atoms with E-state index in [0.29, 0.717) is 10.0 Å². The molecule has 20 heteroatoms. The molecule has 340 valence electrons. The van der Waals surface area contributed by atoms with Crippen LogP contribution in [-0.4, -0.2) is 124 Å². The van der Waals surface area contributed by atoms with Crippen molar-refractivity contribution in [3.8, 4) is 0 Å². The number of aromatic nitrogens is 1. The third-order valence-corrected chi connectivity index (χ3v) is 12.7. The van der Waals surface area contributed by atoms with Crippen molar-refractivity contribution in [3.63, 3.8) is 0 Å². The first-order valence-electron chi connectivity index (χ1n) is 20.0. The highest BCUT2D eigenvalue weighted by atomic mass is 79.9. The molecule has 3 heterocycles. The van der Waals surface area contributed by atoms with E-state index in [-0.39, 0.29) is 24.0 Å². The molecule has 6 rings (SSSR count). The van der Waals surface area contributed by atoms with Crippen molar-refractivity contribution in [1.29, 1.82) is 0 Å². The fourth-order valence-electron chi connectivity index (χ4n) is 9.77. The number of hydrogen-bond acceptors (Lipinski definition) is 19. The van der Waals surface area contributed by atoms with Crippen LogP contribution in [0.2, 0.25) is 0 Å². The Morgan fingerprint density at radius 3 is 1.98 bits per heavy atom. The number of aryl methyl sites for hydroxylation is 1. The zero-order chi connectivity index (χ0) is 46.4. The van der Waals surface area contributed by atoms with Crippen LogP contribution in [0.15, 0.2) is 47.2 Å². The molecular formula is C43H48BrNO18. The Hall–Kier alpha value is -5.47. The summed E-state index contributed by atoms with van der Waals surface area (Å²) < 4.78 is 56.0. The number of pyridine rings is 1. The maximum atomic E-state index is 14.5. The van der Waals surface area contributed by atoms with Gasteiger partial charge in [-0.1, -0.05) is 22.9 Å².